The van der Waals surface area contributed by atoms with Crippen LogP contribution in [0.15, 0.2) is 0 Å². The second kappa shape index (κ2) is 7.80. The Morgan fingerprint density at radius 2 is 2.00 bits per heavy atom. The highest BCUT2D eigenvalue weighted by Gasteiger charge is 2.08. The van der Waals surface area contributed by atoms with Crippen LogP contribution in [-0.4, -0.2) is 18.0 Å². The van der Waals surface area contributed by atoms with Crippen molar-refractivity contribution in [3.05, 3.63) is 0 Å². The van der Waals surface area contributed by atoms with E-state index in [1.807, 2.05) is 0 Å². The van der Waals surface area contributed by atoms with Crippen molar-refractivity contribution in [3.8, 4) is 0 Å². The van der Waals surface area contributed by atoms with Crippen LogP contribution in [0.4, 0.5) is 0 Å². The van der Waals surface area contributed by atoms with Crippen LogP contribution in [0, 0.1) is 5.92 Å². The molecule has 1 unspecified atom stereocenters. The molecule has 0 aromatic heterocycles. The van der Waals surface area contributed by atoms with Crippen LogP contribution >= 0.6 is 0 Å². The van der Waals surface area contributed by atoms with Crippen LogP contribution in [0.5, 0.6) is 0 Å². The van der Waals surface area contributed by atoms with Crippen LogP contribution in [0.3, 0.4) is 0 Å². The Kier molecular flexibility index (Phi) is 7.48. The molecule has 2 N–H and O–H groups in total. The Balaban J connectivity index is 3.43. The number of hydrazine groups is 1. The number of carbonyl (C=O) groups is 1. The Hall–Kier alpha value is -0.570. The fraction of sp³-hybridized carbons (Fsp3) is 0.909. The van der Waals surface area contributed by atoms with Crippen molar-refractivity contribution in [1.29, 1.82) is 0 Å². The molecule has 0 bridgehead atoms. The average molecular weight is 200 g/mol. The fourth-order valence-corrected chi connectivity index (χ4v) is 1.43. The molecule has 0 saturated heterocycles. The molecule has 0 aromatic rings. The molecular formula is C11H24N2O. The van der Waals surface area contributed by atoms with Gasteiger partial charge in [0, 0.05) is 13.5 Å². The standard InChI is InChI=1S/C11H24N2O/c1-4-5-6-7-10(2)8-9-11(14)13(3)12/h10H,4-9,12H2,1-3H3. The van der Waals surface area contributed by atoms with Crippen molar-refractivity contribution in [2.45, 2.75) is 52.4 Å². The minimum atomic E-state index is 0.0346. The number of rotatable bonds is 7. The van der Waals surface area contributed by atoms with Crippen molar-refractivity contribution in [2.75, 3.05) is 7.05 Å². The molecule has 84 valence electrons. The zero-order valence-corrected chi connectivity index (χ0v) is 9.75. The lowest BCUT2D eigenvalue weighted by atomic mass is 9.98. The summed E-state index contributed by atoms with van der Waals surface area (Å²) in [4.78, 5) is 11.2. The maximum atomic E-state index is 11.2. The van der Waals surface area contributed by atoms with E-state index in [4.69, 9.17) is 5.84 Å². The van der Waals surface area contributed by atoms with E-state index in [-0.39, 0.29) is 5.91 Å². The first kappa shape index (κ1) is 13.4. The van der Waals surface area contributed by atoms with Gasteiger partial charge < -0.3 is 0 Å². The summed E-state index contributed by atoms with van der Waals surface area (Å²) in [5.74, 6) is 6.01. The second-order valence-electron chi connectivity index (χ2n) is 4.14. The molecule has 0 fully saturated rings. The Labute approximate surface area is 87.6 Å². The molecule has 0 aliphatic carbocycles. The van der Waals surface area contributed by atoms with Gasteiger partial charge in [-0.1, -0.05) is 39.5 Å². The lowest BCUT2D eigenvalue weighted by molar-refractivity contribution is -0.130. The molecule has 0 aromatic carbocycles. The maximum Gasteiger partial charge on any atom is 0.236 e. The third kappa shape index (κ3) is 6.89. The zero-order chi connectivity index (χ0) is 11.0. The fourth-order valence-electron chi connectivity index (χ4n) is 1.43. The molecule has 1 amide bonds. The molecule has 3 nitrogen and oxygen atoms in total. The molecule has 14 heavy (non-hydrogen) atoms. The first-order valence-electron chi connectivity index (χ1n) is 5.59. The van der Waals surface area contributed by atoms with Crippen molar-refractivity contribution in [3.63, 3.8) is 0 Å². The van der Waals surface area contributed by atoms with Gasteiger partial charge >= 0.3 is 0 Å². The van der Waals surface area contributed by atoms with Crippen molar-refractivity contribution >= 4 is 5.91 Å². The summed E-state index contributed by atoms with van der Waals surface area (Å²) in [6.45, 7) is 4.41. The molecule has 0 spiro atoms. The van der Waals surface area contributed by atoms with E-state index in [1.54, 1.807) is 7.05 Å². The van der Waals surface area contributed by atoms with E-state index in [2.05, 4.69) is 13.8 Å². The monoisotopic (exact) mass is 200 g/mol. The van der Waals surface area contributed by atoms with Crippen molar-refractivity contribution in [2.24, 2.45) is 11.8 Å². The summed E-state index contributed by atoms with van der Waals surface area (Å²) in [5.41, 5.74) is 0. The Bertz CT molecular complexity index is 157. The first-order chi connectivity index (χ1) is 6.57. The van der Waals surface area contributed by atoms with E-state index in [9.17, 15) is 4.79 Å². The number of unbranched alkanes of at least 4 members (excludes halogenated alkanes) is 2. The van der Waals surface area contributed by atoms with E-state index in [0.29, 0.717) is 12.3 Å². The second-order valence-corrected chi connectivity index (χ2v) is 4.14. The van der Waals surface area contributed by atoms with Gasteiger partial charge in [0.25, 0.3) is 0 Å². The van der Waals surface area contributed by atoms with Crippen molar-refractivity contribution < 1.29 is 4.79 Å². The molecule has 0 rings (SSSR count). The van der Waals surface area contributed by atoms with Gasteiger partial charge in [0.15, 0.2) is 0 Å². The molecule has 0 radical (unpaired) electrons. The Morgan fingerprint density at radius 1 is 1.36 bits per heavy atom. The highest BCUT2D eigenvalue weighted by Crippen LogP contribution is 2.14. The minimum absolute atomic E-state index is 0.0346. The van der Waals surface area contributed by atoms with Gasteiger partial charge in [0.05, 0.1) is 0 Å². The molecule has 1 atom stereocenters. The van der Waals surface area contributed by atoms with E-state index >= 15 is 0 Å². The third-order valence-electron chi connectivity index (χ3n) is 2.54. The number of nitrogens with two attached hydrogens (primary N) is 1. The lowest BCUT2D eigenvalue weighted by Gasteiger charge is -2.13. The first-order valence-corrected chi connectivity index (χ1v) is 5.59. The van der Waals surface area contributed by atoms with Crippen LogP contribution in [0.2, 0.25) is 0 Å². The molecule has 0 aliphatic heterocycles. The van der Waals surface area contributed by atoms with Crippen LogP contribution in [0.1, 0.15) is 52.4 Å². The summed E-state index contributed by atoms with van der Waals surface area (Å²) in [7, 11) is 1.60. The molecular weight excluding hydrogens is 176 g/mol. The van der Waals surface area contributed by atoms with Gasteiger partial charge in [-0.15, -0.1) is 0 Å². The summed E-state index contributed by atoms with van der Waals surface area (Å²) in [5, 5.41) is 1.18. The van der Waals surface area contributed by atoms with Crippen LogP contribution < -0.4 is 5.84 Å². The van der Waals surface area contributed by atoms with E-state index in [1.165, 1.54) is 30.7 Å². The number of nitrogens with zero attached hydrogens (tertiary/aromatic N) is 1. The average Bonchev–Trinajstić information content (AvgIpc) is 2.14. The SMILES string of the molecule is CCCCCC(C)CCC(=O)N(C)N. The van der Waals surface area contributed by atoms with Gasteiger partial charge in [-0.05, 0) is 12.3 Å². The normalized spacial score (nSPS) is 12.6. The minimum Gasteiger partial charge on any atom is -0.284 e. The quantitative estimate of drug-likeness (QED) is 0.297. The number of hydrogen-bond acceptors (Lipinski definition) is 2. The van der Waals surface area contributed by atoms with Gasteiger partial charge in [0.1, 0.15) is 0 Å². The van der Waals surface area contributed by atoms with E-state index in [0.717, 1.165) is 6.42 Å². The summed E-state index contributed by atoms with van der Waals surface area (Å²) in [6, 6.07) is 0. The number of carbonyl (C=O) groups excluding carboxylic acids is 1. The number of hydrogen-bond donors (Lipinski definition) is 1. The zero-order valence-electron chi connectivity index (χ0n) is 9.75. The van der Waals surface area contributed by atoms with Crippen LogP contribution in [-0.2, 0) is 4.79 Å². The maximum absolute atomic E-state index is 11.2. The molecule has 3 heteroatoms. The smallest absolute Gasteiger partial charge is 0.236 e. The molecule has 0 aliphatic rings. The van der Waals surface area contributed by atoms with Gasteiger partial charge in [-0.25, -0.2) is 5.84 Å². The van der Waals surface area contributed by atoms with Gasteiger partial charge in [-0.3, -0.25) is 9.80 Å². The third-order valence-corrected chi connectivity index (χ3v) is 2.54. The Morgan fingerprint density at radius 3 is 2.50 bits per heavy atom. The van der Waals surface area contributed by atoms with Crippen molar-refractivity contribution in [1.82, 2.24) is 5.01 Å². The summed E-state index contributed by atoms with van der Waals surface area (Å²) < 4.78 is 0. The highest BCUT2D eigenvalue weighted by atomic mass is 16.2. The van der Waals surface area contributed by atoms with Gasteiger partial charge in [0.2, 0.25) is 5.91 Å². The lowest BCUT2D eigenvalue weighted by Crippen LogP contribution is -2.33. The summed E-state index contributed by atoms with van der Waals surface area (Å²) in [6.07, 6.45) is 6.62. The van der Waals surface area contributed by atoms with Crippen LogP contribution in [0.25, 0.3) is 0 Å². The predicted octanol–water partition coefficient (Wildman–Crippen LogP) is 2.32. The summed E-state index contributed by atoms with van der Waals surface area (Å²) >= 11 is 0. The predicted molar refractivity (Wildman–Crippen MR) is 59.5 cm³/mol. The topological polar surface area (TPSA) is 46.3 Å². The largest absolute Gasteiger partial charge is 0.284 e. The highest BCUT2D eigenvalue weighted by molar-refractivity contribution is 5.75. The molecule has 0 heterocycles. The van der Waals surface area contributed by atoms with E-state index < -0.39 is 0 Å². The number of amides is 1. The molecule has 0 saturated carbocycles. The van der Waals surface area contributed by atoms with Gasteiger partial charge in [-0.2, -0.15) is 0 Å².